The number of benzene rings is 2. The number of nitro groups is 1. The van der Waals surface area contributed by atoms with Crippen LogP contribution in [-0.2, 0) is 10.0 Å². The summed E-state index contributed by atoms with van der Waals surface area (Å²) in [5, 5.41) is 11.3. The molecule has 0 saturated heterocycles. The van der Waals surface area contributed by atoms with Crippen molar-refractivity contribution in [3.63, 3.8) is 0 Å². The second-order valence-electron chi connectivity index (χ2n) is 5.26. The highest BCUT2D eigenvalue weighted by atomic mass is 79.9. The van der Waals surface area contributed by atoms with Gasteiger partial charge in [-0.25, -0.2) is 8.42 Å². The van der Waals surface area contributed by atoms with Gasteiger partial charge in [-0.2, -0.15) is 4.72 Å². The fourth-order valence-electron chi connectivity index (χ4n) is 2.04. The van der Waals surface area contributed by atoms with Gasteiger partial charge < -0.3 is 0 Å². The molecule has 10 heteroatoms. The number of rotatable bonds is 6. The Morgan fingerprint density at radius 3 is 2.12 bits per heavy atom. The topological polar surface area (TPSA) is 89.3 Å². The molecular weight excluding hydrogens is 455 g/mol. The van der Waals surface area contributed by atoms with Crippen LogP contribution in [0, 0.1) is 17.0 Å². The van der Waals surface area contributed by atoms with Crippen molar-refractivity contribution in [3.8, 4) is 0 Å². The van der Waals surface area contributed by atoms with Gasteiger partial charge in [0.2, 0.25) is 10.0 Å². The Morgan fingerprint density at radius 1 is 1.12 bits per heavy atom. The van der Waals surface area contributed by atoms with E-state index in [4.69, 9.17) is 23.2 Å². The van der Waals surface area contributed by atoms with Gasteiger partial charge >= 0.3 is 4.46 Å². The van der Waals surface area contributed by atoms with Gasteiger partial charge in [-0.15, -0.1) is 0 Å². The number of aryl methyl sites for hydroxylation is 1. The lowest BCUT2D eigenvalue weighted by Crippen LogP contribution is -2.43. The Labute approximate surface area is 163 Å². The van der Waals surface area contributed by atoms with Crippen molar-refractivity contribution in [3.05, 3.63) is 74.2 Å². The van der Waals surface area contributed by atoms with Gasteiger partial charge in [0.25, 0.3) is 0 Å². The van der Waals surface area contributed by atoms with Crippen molar-refractivity contribution in [2.75, 3.05) is 0 Å². The van der Waals surface area contributed by atoms with Crippen LogP contribution in [0.4, 0.5) is 0 Å². The Morgan fingerprint density at radius 2 is 1.64 bits per heavy atom. The Hall–Kier alpha value is -1.19. The molecule has 0 amide bonds. The lowest BCUT2D eigenvalue weighted by molar-refractivity contribution is -0.520. The molecule has 0 aliphatic carbocycles. The summed E-state index contributed by atoms with van der Waals surface area (Å²) in [5.74, 6) is 0. The zero-order valence-electron chi connectivity index (χ0n) is 12.8. The quantitative estimate of drug-likeness (QED) is 0.298. The van der Waals surface area contributed by atoms with Crippen molar-refractivity contribution in [2.45, 2.75) is 22.3 Å². The number of sulfonamides is 1. The number of alkyl halides is 2. The molecule has 0 aromatic heterocycles. The molecule has 0 aliphatic heterocycles. The van der Waals surface area contributed by atoms with E-state index < -0.39 is 25.4 Å². The molecule has 0 saturated carbocycles. The highest BCUT2D eigenvalue weighted by Gasteiger charge is 2.50. The summed E-state index contributed by atoms with van der Waals surface area (Å²) < 4.78 is 25.6. The molecule has 2 aromatic rings. The third-order valence-corrected chi connectivity index (χ3v) is 6.08. The number of hydrogen-bond donors (Lipinski definition) is 1. The summed E-state index contributed by atoms with van der Waals surface area (Å²) >= 11 is 15.0. The molecule has 2 aromatic carbocycles. The maximum Gasteiger partial charge on any atom is 0.390 e. The molecule has 0 fully saturated rings. The molecule has 2 rings (SSSR count). The predicted molar refractivity (Wildman–Crippen MR) is 99.8 cm³/mol. The lowest BCUT2D eigenvalue weighted by atomic mass is 10.1. The average molecular weight is 468 g/mol. The minimum atomic E-state index is -4.09. The Balaban J connectivity index is 2.47. The molecule has 0 spiro atoms. The summed E-state index contributed by atoms with van der Waals surface area (Å²) in [6.45, 7) is 1.81. The van der Waals surface area contributed by atoms with Crippen LogP contribution < -0.4 is 4.72 Å². The minimum Gasteiger partial charge on any atom is -0.261 e. The van der Waals surface area contributed by atoms with Gasteiger partial charge in [-0.3, -0.25) is 10.1 Å². The average Bonchev–Trinajstić information content (AvgIpc) is 2.54. The molecule has 0 aliphatic rings. The molecule has 0 heterocycles. The smallest absolute Gasteiger partial charge is 0.261 e. The first-order valence-corrected chi connectivity index (χ1v) is 9.94. The van der Waals surface area contributed by atoms with Crippen LogP contribution >= 0.6 is 39.1 Å². The monoisotopic (exact) mass is 466 g/mol. The molecule has 0 unspecified atom stereocenters. The first kappa shape index (κ1) is 20.1. The van der Waals surface area contributed by atoms with Crippen LogP contribution in [0.1, 0.15) is 17.2 Å². The molecule has 1 N–H and O–H groups in total. The van der Waals surface area contributed by atoms with Crippen molar-refractivity contribution in [1.29, 1.82) is 0 Å². The van der Waals surface area contributed by atoms with E-state index in [2.05, 4.69) is 20.7 Å². The molecule has 134 valence electrons. The van der Waals surface area contributed by atoms with E-state index in [-0.39, 0.29) is 10.5 Å². The van der Waals surface area contributed by atoms with E-state index in [1.165, 1.54) is 24.3 Å². The standard InChI is InChI=1S/C15H13BrCl2N2O4S/c1-10-2-8-13(9-3-10)25(23,24)19-14(15(17,18)20(21)22)11-4-6-12(16)7-5-11/h2-9,14,19H,1H3/t14-/m1/s1. The fraction of sp³-hybridized carbons (Fsp3) is 0.200. The first-order chi connectivity index (χ1) is 11.5. The van der Waals surface area contributed by atoms with Crippen LogP contribution in [0.2, 0.25) is 0 Å². The number of nitrogens with zero attached hydrogens (tertiary/aromatic N) is 1. The zero-order valence-corrected chi connectivity index (χ0v) is 16.7. The Kier molecular flexibility index (Phi) is 6.11. The third-order valence-electron chi connectivity index (χ3n) is 3.40. The van der Waals surface area contributed by atoms with Gasteiger partial charge in [0.05, 0.1) is 9.82 Å². The zero-order chi connectivity index (χ0) is 18.8. The molecule has 0 radical (unpaired) electrons. The van der Waals surface area contributed by atoms with Gasteiger partial charge in [0, 0.05) is 4.47 Å². The number of hydrogen-bond acceptors (Lipinski definition) is 4. The van der Waals surface area contributed by atoms with E-state index in [1.807, 2.05) is 6.92 Å². The van der Waals surface area contributed by atoms with Gasteiger partial charge in [-0.05, 0) is 60.0 Å². The van der Waals surface area contributed by atoms with Crippen LogP contribution in [0.3, 0.4) is 0 Å². The van der Waals surface area contributed by atoms with Gasteiger partial charge in [0.1, 0.15) is 6.04 Å². The van der Waals surface area contributed by atoms with E-state index >= 15 is 0 Å². The van der Waals surface area contributed by atoms with Crippen molar-refractivity contribution in [1.82, 2.24) is 4.72 Å². The van der Waals surface area contributed by atoms with Crippen molar-refractivity contribution in [2.24, 2.45) is 0 Å². The second kappa shape index (κ2) is 7.59. The van der Waals surface area contributed by atoms with Gasteiger partial charge in [0.15, 0.2) is 0 Å². The lowest BCUT2D eigenvalue weighted by Gasteiger charge is -2.24. The second-order valence-corrected chi connectivity index (χ2v) is 9.24. The summed E-state index contributed by atoms with van der Waals surface area (Å²) in [4.78, 5) is 10.3. The minimum absolute atomic E-state index is 0.0484. The summed E-state index contributed by atoms with van der Waals surface area (Å²) in [5.41, 5.74) is 1.12. The SMILES string of the molecule is Cc1ccc(S(=O)(=O)N[C@H](c2ccc(Br)cc2)C(Cl)(Cl)[N+](=O)[O-])cc1. The third kappa shape index (κ3) is 4.71. The van der Waals surface area contributed by atoms with E-state index in [9.17, 15) is 18.5 Å². The van der Waals surface area contributed by atoms with Crippen LogP contribution in [0.25, 0.3) is 0 Å². The predicted octanol–water partition coefficient (Wildman–Crippen LogP) is 4.19. The normalized spacial score (nSPS) is 13.4. The van der Waals surface area contributed by atoms with Gasteiger partial charge in [-0.1, -0.05) is 45.8 Å². The highest BCUT2D eigenvalue weighted by molar-refractivity contribution is 9.10. The largest absolute Gasteiger partial charge is 0.390 e. The molecule has 6 nitrogen and oxygen atoms in total. The van der Waals surface area contributed by atoms with E-state index in [0.29, 0.717) is 4.47 Å². The highest BCUT2D eigenvalue weighted by Crippen LogP contribution is 2.38. The van der Waals surface area contributed by atoms with Crippen LogP contribution in [-0.4, -0.2) is 17.8 Å². The van der Waals surface area contributed by atoms with Crippen LogP contribution in [0.15, 0.2) is 57.9 Å². The molecule has 0 bridgehead atoms. The van der Waals surface area contributed by atoms with Crippen molar-refractivity contribution < 1.29 is 13.3 Å². The van der Waals surface area contributed by atoms with Crippen LogP contribution in [0.5, 0.6) is 0 Å². The first-order valence-electron chi connectivity index (χ1n) is 6.91. The number of nitrogens with one attached hydrogen (secondary N) is 1. The molecule has 1 atom stereocenters. The van der Waals surface area contributed by atoms with E-state index in [1.54, 1.807) is 24.3 Å². The summed E-state index contributed by atoms with van der Waals surface area (Å²) in [6.07, 6.45) is 0. The summed E-state index contributed by atoms with van der Waals surface area (Å²) in [7, 11) is -4.09. The maximum atomic E-state index is 12.6. The fourth-order valence-corrected chi connectivity index (χ4v) is 4.04. The Bertz CT molecular complexity index is 871. The maximum absolute atomic E-state index is 12.6. The molecule has 25 heavy (non-hydrogen) atoms. The van der Waals surface area contributed by atoms with E-state index in [0.717, 1.165) is 5.56 Å². The number of halogens is 3. The molecular formula is C15H13BrCl2N2O4S. The van der Waals surface area contributed by atoms with Crippen molar-refractivity contribution >= 4 is 49.2 Å². The summed E-state index contributed by atoms with van der Waals surface area (Å²) in [6, 6.07) is 10.7.